The number of rotatable bonds is 6. The molecule has 4 atom stereocenters. The number of aryl methyl sites for hydroxylation is 1. The van der Waals surface area contributed by atoms with Gasteiger partial charge >= 0.3 is 5.97 Å². The molecular weight excluding hydrogens is 330 g/mol. The fourth-order valence-corrected chi connectivity index (χ4v) is 4.40. The molecule has 0 radical (unpaired) electrons. The Labute approximate surface area is 154 Å². The van der Waals surface area contributed by atoms with Crippen LogP contribution in [-0.2, 0) is 19.1 Å². The summed E-state index contributed by atoms with van der Waals surface area (Å²) >= 11 is 0. The summed E-state index contributed by atoms with van der Waals surface area (Å²) in [6.07, 6.45) is 6.51. The maximum Gasteiger partial charge on any atom is 0.312 e. The summed E-state index contributed by atoms with van der Waals surface area (Å²) in [5, 5.41) is 0. The lowest BCUT2D eigenvalue weighted by Crippen LogP contribution is -2.40. The van der Waals surface area contributed by atoms with E-state index in [2.05, 4.69) is 6.92 Å². The molecular formula is C21H25NO4. The predicted octanol–water partition coefficient (Wildman–Crippen LogP) is 3.01. The van der Waals surface area contributed by atoms with Crippen LogP contribution < -0.4 is 4.90 Å². The van der Waals surface area contributed by atoms with Gasteiger partial charge in [-0.3, -0.25) is 9.59 Å². The van der Waals surface area contributed by atoms with Gasteiger partial charge in [0, 0.05) is 5.69 Å². The molecule has 1 aromatic carbocycles. The Kier molecular flexibility index (Phi) is 4.35. The number of carbonyl (C=O) groups is 2. The second kappa shape index (κ2) is 6.54. The second-order valence-electron chi connectivity index (χ2n) is 7.54. The number of nitrogens with zero attached hydrogens (tertiary/aromatic N) is 1. The van der Waals surface area contributed by atoms with E-state index in [1.165, 1.54) is 0 Å². The molecule has 3 aliphatic rings. The fraction of sp³-hybridized carbons (Fsp3) is 0.524. The van der Waals surface area contributed by atoms with Gasteiger partial charge in [0.1, 0.15) is 11.5 Å². The monoisotopic (exact) mass is 355 g/mol. The Morgan fingerprint density at radius 3 is 3.00 bits per heavy atom. The van der Waals surface area contributed by atoms with Crippen LogP contribution in [0.5, 0.6) is 0 Å². The summed E-state index contributed by atoms with van der Waals surface area (Å²) in [7, 11) is 0. The molecule has 5 heteroatoms. The van der Waals surface area contributed by atoms with Crippen molar-refractivity contribution >= 4 is 17.6 Å². The van der Waals surface area contributed by atoms with E-state index in [1.807, 2.05) is 43.3 Å². The molecule has 2 fully saturated rings. The highest BCUT2D eigenvalue weighted by atomic mass is 16.6. The van der Waals surface area contributed by atoms with Gasteiger partial charge in [-0.05, 0) is 31.0 Å². The number of ether oxygens (including phenoxy) is 2. The Balaban J connectivity index is 1.55. The van der Waals surface area contributed by atoms with Gasteiger partial charge in [-0.15, -0.1) is 0 Å². The van der Waals surface area contributed by atoms with Crippen molar-refractivity contribution in [3.8, 4) is 0 Å². The van der Waals surface area contributed by atoms with Gasteiger partial charge < -0.3 is 14.4 Å². The van der Waals surface area contributed by atoms with E-state index in [0.717, 1.165) is 30.5 Å². The van der Waals surface area contributed by atoms with Crippen LogP contribution in [0.4, 0.5) is 5.69 Å². The van der Waals surface area contributed by atoms with Crippen molar-refractivity contribution in [1.29, 1.82) is 0 Å². The summed E-state index contributed by atoms with van der Waals surface area (Å²) in [6, 6.07) is 7.86. The van der Waals surface area contributed by atoms with Crippen molar-refractivity contribution in [2.75, 3.05) is 18.1 Å². The number of unbranched alkanes of at least 4 members (excludes halogenated alkanes) is 2. The molecule has 0 aromatic heterocycles. The molecule has 1 amide bonds. The molecule has 0 saturated carbocycles. The molecule has 0 aliphatic carbocycles. The van der Waals surface area contributed by atoms with Gasteiger partial charge in [-0.25, -0.2) is 0 Å². The van der Waals surface area contributed by atoms with Crippen molar-refractivity contribution in [1.82, 2.24) is 0 Å². The number of amides is 1. The minimum atomic E-state index is -0.696. The fourth-order valence-electron chi connectivity index (χ4n) is 4.40. The van der Waals surface area contributed by atoms with Crippen molar-refractivity contribution in [2.45, 2.75) is 44.8 Å². The first-order chi connectivity index (χ1) is 12.6. The van der Waals surface area contributed by atoms with E-state index in [4.69, 9.17) is 9.47 Å². The van der Waals surface area contributed by atoms with Crippen LogP contribution in [0.25, 0.3) is 0 Å². The largest absolute Gasteiger partial charge is 0.465 e. The van der Waals surface area contributed by atoms with Gasteiger partial charge in [-0.1, -0.05) is 44.1 Å². The van der Waals surface area contributed by atoms with Crippen LogP contribution in [0.2, 0.25) is 0 Å². The third-order valence-corrected chi connectivity index (χ3v) is 5.68. The second-order valence-corrected chi connectivity index (χ2v) is 7.54. The molecule has 1 aromatic rings. The van der Waals surface area contributed by atoms with Gasteiger partial charge in [0.05, 0.1) is 25.2 Å². The molecule has 3 heterocycles. The van der Waals surface area contributed by atoms with Crippen LogP contribution in [0.15, 0.2) is 36.4 Å². The summed E-state index contributed by atoms with van der Waals surface area (Å²) in [6.45, 7) is 4.97. The maximum atomic E-state index is 13.2. The molecule has 3 aliphatic heterocycles. The molecule has 1 spiro atoms. The highest BCUT2D eigenvalue weighted by molar-refractivity contribution is 6.02. The van der Waals surface area contributed by atoms with Gasteiger partial charge in [0.15, 0.2) is 0 Å². The van der Waals surface area contributed by atoms with E-state index < -0.39 is 17.4 Å². The third kappa shape index (κ3) is 2.65. The minimum Gasteiger partial charge on any atom is -0.465 e. The maximum absolute atomic E-state index is 13.2. The topological polar surface area (TPSA) is 55.8 Å². The van der Waals surface area contributed by atoms with Crippen LogP contribution in [-0.4, -0.2) is 36.7 Å². The first kappa shape index (κ1) is 17.3. The first-order valence-corrected chi connectivity index (χ1v) is 9.47. The number of esters is 1. The van der Waals surface area contributed by atoms with E-state index in [9.17, 15) is 9.59 Å². The molecule has 5 nitrogen and oxygen atoms in total. The summed E-state index contributed by atoms with van der Waals surface area (Å²) in [4.78, 5) is 27.6. The minimum absolute atomic E-state index is 0.0436. The Morgan fingerprint density at radius 1 is 1.38 bits per heavy atom. The number of hydrogen-bond donors (Lipinski definition) is 0. The molecule has 138 valence electrons. The lowest BCUT2D eigenvalue weighted by atomic mass is 9.77. The summed E-state index contributed by atoms with van der Waals surface area (Å²) < 4.78 is 11.6. The highest BCUT2D eigenvalue weighted by Crippen LogP contribution is 2.52. The van der Waals surface area contributed by atoms with Crippen molar-refractivity contribution < 1.29 is 19.1 Å². The average molecular weight is 355 g/mol. The van der Waals surface area contributed by atoms with Gasteiger partial charge in [-0.2, -0.15) is 0 Å². The van der Waals surface area contributed by atoms with E-state index >= 15 is 0 Å². The molecule has 0 N–H and O–H groups in total. The van der Waals surface area contributed by atoms with Crippen LogP contribution in [0.1, 0.15) is 31.7 Å². The van der Waals surface area contributed by atoms with Gasteiger partial charge in [0.2, 0.25) is 5.91 Å². The molecule has 26 heavy (non-hydrogen) atoms. The Hall–Kier alpha value is -2.14. The summed E-state index contributed by atoms with van der Waals surface area (Å²) in [5.74, 6) is -1.37. The predicted molar refractivity (Wildman–Crippen MR) is 97.7 cm³/mol. The van der Waals surface area contributed by atoms with Crippen LogP contribution in [0, 0.1) is 18.8 Å². The number of fused-ring (bicyclic) bond motifs is 1. The normalized spacial score (nSPS) is 31.5. The molecule has 0 unspecified atom stereocenters. The standard InChI is InChI=1S/C21H25NO4/c1-3-4-5-11-25-20(24)17-16-9-10-21(26-16)13-22(19(23)18(17)21)15-8-6-7-14(2)12-15/h6-10,12,16-18H,3-5,11,13H2,1-2H3/t16-,17+,18+,21+/m1/s1. The van der Waals surface area contributed by atoms with Crippen molar-refractivity contribution in [2.24, 2.45) is 11.8 Å². The zero-order valence-corrected chi connectivity index (χ0v) is 15.3. The molecule has 4 rings (SSSR count). The Morgan fingerprint density at radius 2 is 2.23 bits per heavy atom. The first-order valence-electron chi connectivity index (χ1n) is 9.47. The van der Waals surface area contributed by atoms with E-state index in [-0.39, 0.29) is 18.0 Å². The number of carbonyl (C=O) groups excluding carboxylic acids is 2. The van der Waals surface area contributed by atoms with Crippen LogP contribution in [0.3, 0.4) is 0 Å². The van der Waals surface area contributed by atoms with Crippen molar-refractivity contribution in [3.05, 3.63) is 42.0 Å². The number of benzene rings is 1. The lowest BCUT2D eigenvalue weighted by Gasteiger charge is -2.22. The quantitative estimate of drug-likeness (QED) is 0.447. The Bertz CT molecular complexity index is 758. The average Bonchev–Trinajstić information content (AvgIpc) is 3.27. The zero-order chi connectivity index (χ0) is 18.3. The van der Waals surface area contributed by atoms with Gasteiger partial charge in [0.25, 0.3) is 0 Å². The number of hydrogen-bond acceptors (Lipinski definition) is 4. The highest BCUT2D eigenvalue weighted by Gasteiger charge is 2.67. The van der Waals surface area contributed by atoms with E-state index in [1.54, 1.807) is 4.90 Å². The lowest BCUT2D eigenvalue weighted by molar-refractivity contribution is -0.152. The smallest absolute Gasteiger partial charge is 0.312 e. The van der Waals surface area contributed by atoms with E-state index in [0.29, 0.717) is 13.2 Å². The van der Waals surface area contributed by atoms with Crippen LogP contribution >= 0.6 is 0 Å². The number of anilines is 1. The molecule has 2 saturated heterocycles. The van der Waals surface area contributed by atoms with Crippen molar-refractivity contribution in [3.63, 3.8) is 0 Å². The molecule has 2 bridgehead atoms. The SMILES string of the molecule is CCCCCOC(=O)[C@@H]1[C@H]2C(=O)N(c3cccc(C)c3)C[C@@]23C=C[C@H]1O3. The summed E-state index contributed by atoms with van der Waals surface area (Å²) in [5.41, 5.74) is 1.25. The zero-order valence-electron chi connectivity index (χ0n) is 15.3. The third-order valence-electron chi connectivity index (χ3n) is 5.68.